The van der Waals surface area contributed by atoms with E-state index in [4.69, 9.17) is 23.2 Å². The van der Waals surface area contributed by atoms with E-state index in [-0.39, 0.29) is 23.4 Å². The van der Waals surface area contributed by atoms with Gasteiger partial charge in [-0.05, 0) is 53.2 Å². The zero-order chi connectivity index (χ0) is 20.9. The number of aromatic nitrogens is 2. The number of halogens is 2. The third kappa shape index (κ3) is 3.50. The predicted octanol–water partition coefficient (Wildman–Crippen LogP) is 4.42. The van der Waals surface area contributed by atoms with Crippen LogP contribution in [0.4, 0.5) is 4.79 Å². The third-order valence-electron chi connectivity index (χ3n) is 4.79. The molecule has 3 aromatic rings. The lowest BCUT2D eigenvalue weighted by Crippen LogP contribution is -2.27. The third-order valence-corrected chi connectivity index (χ3v) is 6.44. The second-order valence-electron chi connectivity index (χ2n) is 6.67. The summed E-state index contributed by atoms with van der Waals surface area (Å²) in [4.78, 5) is 38.7. The van der Waals surface area contributed by atoms with E-state index in [2.05, 4.69) is 0 Å². The van der Waals surface area contributed by atoms with Crippen LogP contribution in [-0.2, 0) is 25.4 Å². The zero-order valence-electron chi connectivity index (χ0n) is 15.5. The van der Waals surface area contributed by atoms with Gasteiger partial charge in [-0.25, -0.2) is 4.79 Å². The number of nitrogens with zero attached hydrogens (tertiary/aromatic N) is 3. The van der Waals surface area contributed by atoms with Gasteiger partial charge in [0.25, 0.3) is 11.1 Å². The first-order valence-corrected chi connectivity index (χ1v) is 10.2. The topological polar surface area (TPSA) is 64.3 Å². The average molecular weight is 448 g/mol. The Bertz CT molecular complexity index is 1280. The van der Waals surface area contributed by atoms with Crippen LogP contribution < -0.4 is 5.69 Å². The molecule has 1 aliphatic heterocycles. The van der Waals surface area contributed by atoms with Gasteiger partial charge in [-0.15, -0.1) is 0 Å². The van der Waals surface area contributed by atoms with Crippen LogP contribution in [0.5, 0.6) is 0 Å². The molecule has 0 saturated carbocycles. The molecule has 0 unspecified atom stereocenters. The number of hydrogen-bond acceptors (Lipinski definition) is 4. The molecule has 0 aliphatic carbocycles. The van der Waals surface area contributed by atoms with Gasteiger partial charge < -0.3 is 0 Å². The largest absolute Gasteiger partial charge is 0.328 e. The lowest BCUT2D eigenvalue weighted by Gasteiger charge is -2.12. The van der Waals surface area contributed by atoms with Gasteiger partial charge >= 0.3 is 5.69 Å². The first-order valence-electron chi connectivity index (χ1n) is 8.61. The van der Waals surface area contributed by atoms with Crippen LogP contribution in [0.15, 0.2) is 46.1 Å². The summed E-state index contributed by atoms with van der Waals surface area (Å²) < 4.78 is 3.10. The van der Waals surface area contributed by atoms with E-state index in [1.54, 1.807) is 47.5 Å². The van der Waals surface area contributed by atoms with E-state index in [9.17, 15) is 14.4 Å². The smallest absolute Gasteiger partial charge is 0.295 e. The molecule has 0 bridgehead atoms. The van der Waals surface area contributed by atoms with Crippen molar-refractivity contribution in [2.45, 2.75) is 6.54 Å². The number of rotatable bonds is 3. The van der Waals surface area contributed by atoms with Gasteiger partial charge in [0.15, 0.2) is 0 Å². The minimum Gasteiger partial charge on any atom is -0.295 e. The molecule has 6 nitrogen and oxygen atoms in total. The minimum absolute atomic E-state index is 0.116. The summed E-state index contributed by atoms with van der Waals surface area (Å²) in [5, 5.41) is 0.434. The lowest BCUT2D eigenvalue weighted by molar-refractivity contribution is -0.123. The van der Waals surface area contributed by atoms with Crippen LogP contribution in [0.1, 0.15) is 11.1 Å². The molecule has 0 spiro atoms. The van der Waals surface area contributed by atoms with Crippen LogP contribution in [0.25, 0.3) is 17.1 Å². The highest BCUT2D eigenvalue weighted by molar-refractivity contribution is 8.18. The maximum absolute atomic E-state index is 12.8. The molecule has 4 rings (SSSR count). The SMILES string of the molecule is Cn1c(=O)n(C)c2cc(C=C3SC(=O)N(Cc4ccc(Cl)c(Cl)c4)C3=O)ccc21. The maximum Gasteiger partial charge on any atom is 0.328 e. The first kappa shape index (κ1) is 19.8. The van der Waals surface area contributed by atoms with Gasteiger partial charge in [-0.3, -0.25) is 23.6 Å². The molecule has 0 atom stereocenters. The van der Waals surface area contributed by atoms with Gasteiger partial charge in [0, 0.05) is 14.1 Å². The number of aryl methyl sites for hydroxylation is 2. The van der Waals surface area contributed by atoms with Crippen molar-refractivity contribution in [1.82, 2.24) is 14.0 Å². The molecule has 0 N–H and O–H groups in total. The summed E-state index contributed by atoms with van der Waals surface area (Å²) in [6, 6.07) is 10.5. The van der Waals surface area contributed by atoms with E-state index in [0.29, 0.717) is 20.5 Å². The molecule has 2 heterocycles. The van der Waals surface area contributed by atoms with Gasteiger partial charge in [-0.1, -0.05) is 35.3 Å². The molecule has 2 aromatic carbocycles. The Kier molecular flexibility index (Phi) is 5.06. The van der Waals surface area contributed by atoms with Crippen LogP contribution in [0, 0.1) is 0 Å². The van der Waals surface area contributed by atoms with E-state index >= 15 is 0 Å². The Balaban J connectivity index is 1.63. The molecule has 1 aliphatic rings. The summed E-state index contributed by atoms with van der Waals surface area (Å²) in [6.07, 6.45) is 1.66. The number of carbonyl (C=O) groups excluding carboxylic acids is 2. The second-order valence-corrected chi connectivity index (χ2v) is 8.47. The molecule has 2 amide bonds. The Morgan fingerprint density at radius 1 is 0.931 bits per heavy atom. The van der Waals surface area contributed by atoms with Crippen LogP contribution in [-0.4, -0.2) is 25.2 Å². The van der Waals surface area contributed by atoms with Crippen LogP contribution >= 0.6 is 35.0 Å². The Morgan fingerprint density at radius 3 is 2.38 bits per heavy atom. The number of imidazole rings is 1. The van der Waals surface area contributed by atoms with Gasteiger partial charge in [0.1, 0.15) is 0 Å². The zero-order valence-corrected chi connectivity index (χ0v) is 17.8. The van der Waals surface area contributed by atoms with Gasteiger partial charge in [-0.2, -0.15) is 0 Å². The number of hydrogen-bond donors (Lipinski definition) is 0. The van der Waals surface area contributed by atoms with Crippen molar-refractivity contribution < 1.29 is 9.59 Å². The summed E-state index contributed by atoms with van der Waals surface area (Å²) in [5.41, 5.74) is 2.87. The molecule has 9 heteroatoms. The Hall–Kier alpha value is -2.48. The molecule has 29 heavy (non-hydrogen) atoms. The monoisotopic (exact) mass is 447 g/mol. The van der Waals surface area contributed by atoms with Crippen molar-refractivity contribution in [3.8, 4) is 0 Å². The van der Waals surface area contributed by atoms with E-state index in [1.165, 1.54) is 4.90 Å². The fourth-order valence-corrected chi connectivity index (χ4v) is 4.38. The summed E-state index contributed by atoms with van der Waals surface area (Å²) in [7, 11) is 3.40. The number of carbonyl (C=O) groups is 2. The molecule has 1 aromatic heterocycles. The normalized spacial score (nSPS) is 15.9. The molecule has 148 valence electrons. The van der Waals surface area contributed by atoms with E-state index < -0.39 is 0 Å². The highest BCUT2D eigenvalue weighted by Gasteiger charge is 2.35. The quantitative estimate of drug-likeness (QED) is 0.557. The Morgan fingerprint density at radius 2 is 1.66 bits per heavy atom. The van der Waals surface area contributed by atoms with E-state index in [0.717, 1.165) is 28.4 Å². The van der Waals surface area contributed by atoms with Crippen molar-refractivity contribution >= 4 is 63.2 Å². The predicted molar refractivity (Wildman–Crippen MR) is 116 cm³/mol. The number of imide groups is 1. The second kappa shape index (κ2) is 7.40. The summed E-state index contributed by atoms with van der Waals surface area (Å²) in [5.74, 6) is -0.367. The molecular weight excluding hydrogens is 433 g/mol. The van der Waals surface area contributed by atoms with Crippen molar-refractivity contribution in [2.75, 3.05) is 0 Å². The van der Waals surface area contributed by atoms with E-state index in [1.807, 2.05) is 18.2 Å². The lowest BCUT2D eigenvalue weighted by atomic mass is 10.1. The summed E-state index contributed by atoms with van der Waals surface area (Å²) >= 11 is 12.8. The van der Waals surface area contributed by atoms with Crippen molar-refractivity contribution in [3.63, 3.8) is 0 Å². The van der Waals surface area contributed by atoms with Crippen LogP contribution in [0.3, 0.4) is 0 Å². The van der Waals surface area contributed by atoms with Crippen molar-refractivity contribution in [2.24, 2.45) is 14.1 Å². The maximum atomic E-state index is 12.8. The highest BCUT2D eigenvalue weighted by atomic mass is 35.5. The van der Waals surface area contributed by atoms with Gasteiger partial charge in [0.2, 0.25) is 0 Å². The van der Waals surface area contributed by atoms with Crippen molar-refractivity contribution in [3.05, 3.63) is 73.0 Å². The Labute approximate surface area is 180 Å². The number of thioether (sulfide) groups is 1. The highest BCUT2D eigenvalue weighted by Crippen LogP contribution is 2.34. The number of amides is 2. The standard InChI is InChI=1S/C20H15Cl2N3O3S/c1-23-15-6-4-11(8-16(15)24(2)19(23)27)9-17-18(26)25(20(28)29-17)10-12-3-5-13(21)14(22)7-12/h3-9H,10H2,1-2H3. The fourth-order valence-electron chi connectivity index (χ4n) is 3.22. The van der Waals surface area contributed by atoms with Crippen molar-refractivity contribution in [1.29, 1.82) is 0 Å². The average Bonchev–Trinajstić information content (AvgIpc) is 3.07. The van der Waals surface area contributed by atoms with Crippen LogP contribution in [0.2, 0.25) is 10.0 Å². The fraction of sp³-hybridized carbons (Fsp3) is 0.150. The van der Waals surface area contributed by atoms with Gasteiger partial charge in [0.05, 0.1) is 32.5 Å². The first-order chi connectivity index (χ1) is 13.8. The number of benzene rings is 2. The number of fused-ring (bicyclic) bond motifs is 1. The molecule has 0 radical (unpaired) electrons. The molecular formula is C20H15Cl2N3O3S. The molecule has 1 fully saturated rings. The molecule has 1 saturated heterocycles. The summed E-state index contributed by atoms with van der Waals surface area (Å²) in [6.45, 7) is 0.116. The minimum atomic E-state index is -0.367.